The van der Waals surface area contributed by atoms with Crippen molar-refractivity contribution in [3.8, 4) is 5.69 Å². The van der Waals surface area contributed by atoms with E-state index in [-0.39, 0.29) is 29.4 Å². The van der Waals surface area contributed by atoms with Crippen LogP contribution < -0.4 is 5.43 Å². The zero-order chi connectivity index (χ0) is 29.9. The molecule has 5 rings (SSSR count). The molecule has 0 radical (unpaired) electrons. The van der Waals surface area contributed by atoms with Gasteiger partial charge >= 0.3 is 0 Å². The number of para-hydroxylation sites is 1. The van der Waals surface area contributed by atoms with Gasteiger partial charge in [-0.25, -0.2) is 22.3 Å². The minimum Gasteiger partial charge on any atom is -0.318 e. The highest BCUT2D eigenvalue weighted by atomic mass is 32.2. The molecule has 0 saturated carbocycles. The van der Waals surface area contributed by atoms with Gasteiger partial charge in [0.25, 0.3) is 5.91 Å². The summed E-state index contributed by atoms with van der Waals surface area (Å²) < 4.78 is 58.1. The number of sulfonamides is 2. The fourth-order valence-electron chi connectivity index (χ4n) is 5.06. The fourth-order valence-corrected chi connectivity index (χ4v) is 8.11. The topological polar surface area (TPSA) is 121 Å². The molecular formula is C30H31N5O5S2. The van der Waals surface area contributed by atoms with Crippen molar-refractivity contribution in [2.75, 3.05) is 19.6 Å². The van der Waals surface area contributed by atoms with Crippen LogP contribution in [0.4, 0.5) is 0 Å². The first-order chi connectivity index (χ1) is 20.1. The lowest BCUT2D eigenvalue weighted by molar-refractivity contribution is -0.125. The molecule has 42 heavy (non-hydrogen) atoms. The Balaban J connectivity index is 1.42. The highest BCUT2D eigenvalue weighted by molar-refractivity contribution is 7.89. The van der Waals surface area contributed by atoms with Gasteiger partial charge in [0.15, 0.2) is 0 Å². The van der Waals surface area contributed by atoms with Gasteiger partial charge in [-0.1, -0.05) is 54.6 Å². The van der Waals surface area contributed by atoms with Gasteiger partial charge in [-0.15, -0.1) is 0 Å². The maximum Gasteiger partial charge on any atom is 0.259 e. The van der Waals surface area contributed by atoms with Crippen molar-refractivity contribution in [3.05, 3.63) is 114 Å². The molecule has 12 heteroatoms. The predicted octanol–water partition coefficient (Wildman–Crippen LogP) is 3.31. The largest absolute Gasteiger partial charge is 0.318 e. The Hall–Kier alpha value is -4.10. The molecule has 10 nitrogen and oxygen atoms in total. The Morgan fingerprint density at radius 3 is 1.95 bits per heavy atom. The highest BCUT2D eigenvalue weighted by Crippen LogP contribution is 2.25. The summed E-state index contributed by atoms with van der Waals surface area (Å²) in [5.41, 5.74) is 6.09. The van der Waals surface area contributed by atoms with Crippen molar-refractivity contribution in [1.29, 1.82) is 0 Å². The maximum absolute atomic E-state index is 13.6. The Labute approximate surface area is 246 Å². The van der Waals surface area contributed by atoms with Crippen LogP contribution in [0.3, 0.4) is 0 Å². The minimum atomic E-state index is -4.11. The van der Waals surface area contributed by atoms with E-state index in [2.05, 4.69) is 15.1 Å². The van der Waals surface area contributed by atoms with Crippen molar-refractivity contribution in [2.45, 2.75) is 29.7 Å². The molecule has 0 aliphatic carbocycles. The van der Waals surface area contributed by atoms with Crippen LogP contribution >= 0.6 is 0 Å². The molecule has 1 aliphatic rings. The molecular weight excluding hydrogens is 574 g/mol. The molecule has 1 fully saturated rings. The number of hydrogen-bond acceptors (Lipinski definition) is 6. The number of benzene rings is 3. The molecule has 0 bridgehead atoms. The second-order valence-electron chi connectivity index (χ2n) is 9.85. The number of carbonyl (C=O) groups is 1. The van der Waals surface area contributed by atoms with Crippen molar-refractivity contribution >= 4 is 32.2 Å². The molecule has 3 aromatic carbocycles. The van der Waals surface area contributed by atoms with E-state index in [0.29, 0.717) is 0 Å². The third kappa shape index (κ3) is 5.79. The van der Waals surface area contributed by atoms with Gasteiger partial charge < -0.3 is 4.57 Å². The van der Waals surface area contributed by atoms with Crippen LogP contribution in [0, 0.1) is 13.8 Å². The number of piperazine rings is 1. The summed E-state index contributed by atoms with van der Waals surface area (Å²) in [4.78, 5) is 13.6. The van der Waals surface area contributed by atoms with Crippen molar-refractivity contribution in [1.82, 2.24) is 18.6 Å². The molecule has 1 aliphatic heterocycles. The van der Waals surface area contributed by atoms with E-state index in [0.717, 1.165) is 31.2 Å². The normalized spacial score (nSPS) is 17.0. The minimum absolute atomic E-state index is 0.0130. The summed E-state index contributed by atoms with van der Waals surface area (Å²) in [7, 11) is -8.08. The third-order valence-electron chi connectivity index (χ3n) is 7.19. The Morgan fingerprint density at radius 2 is 1.36 bits per heavy atom. The zero-order valence-corrected chi connectivity index (χ0v) is 24.8. The molecule has 2 heterocycles. The molecule has 1 amide bonds. The Kier molecular flexibility index (Phi) is 8.41. The first-order valence-corrected chi connectivity index (χ1v) is 16.2. The molecule has 1 saturated heterocycles. The van der Waals surface area contributed by atoms with Gasteiger partial charge in [0.1, 0.15) is 6.04 Å². The lowest BCUT2D eigenvalue weighted by atomic mass is 10.2. The molecule has 1 N–H and O–H groups in total. The van der Waals surface area contributed by atoms with E-state index in [1.807, 2.05) is 50.2 Å². The number of hydrazone groups is 1. The van der Waals surface area contributed by atoms with Gasteiger partial charge in [-0.05, 0) is 56.3 Å². The van der Waals surface area contributed by atoms with Gasteiger partial charge in [0.2, 0.25) is 20.0 Å². The standard InChI is InChI=1S/C30H31N5O5S2/c1-23-20-25(24(2)35(23)26-12-6-3-7-13-26)21-31-32-30(36)29-22-33(41(37,38)27-14-8-4-9-15-27)18-19-34(29)42(39,40)28-16-10-5-11-17-28/h3-17,20-21,29H,18-19,22H2,1-2H3,(H,32,36)/b31-21+. The molecule has 4 aromatic rings. The molecule has 1 unspecified atom stereocenters. The summed E-state index contributed by atoms with van der Waals surface area (Å²) in [5.74, 6) is -0.740. The van der Waals surface area contributed by atoms with Gasteiger partial charge in [0, 0.05) is 42.3 Å². The number of rotatable bonds is 8. The first kappa shape index (κ1) is 29.4. The fraction of sp³-hybridized carbons (Fsp3) is 0.200. The number of aryl methyl sites for hydroxylation is 1. The predicted molar refractivity (Wildman–Crippen MR) is 160 cm³/mol. The van der Waals surface area contributed by atoms with Crippen molar-refractivity contribution in [3.63, 3.8) is 0 Å². The SMILES string of the molecule is Cc1cc(/C=N/NC(=O)C2CN(S(=O)(=O)c3ccccc3)CCN2S(=O)(=O)c2ccccc2)c(C)n1-c1ccccc1. The second-order valence-corrected chi connectivity index (χ2v) is 13.7. The van der Waals surface area contributed by atoms with E-state index in [4.69, 9.17) is 0 Å². The van der Waals surface area contributed by atoms with Crippen molar-refractivity contribution in [2.24, 2.45) is 5.10 Å². The summed E-state index contributed by atoms with van der Waals surface area (Å²) in [5, 5.41) is 4.13. The summed E-state index contributed by atoms with van der Waals surface area (Å²) in [6.07, 6.45) is 1.50. The van der Waals surface area contributed by atoms with E-state index in [1.165, 1.54) is 30.5 Å². The number of nitrogens with zero attached hydrogens (tertiary/aromatic N) is 4. The molecule has 1 aromatic heterocycles. The van der Waals surface area contributed by atoms with Crippen LogP contribution in [0.2, 0.25) is 0 Å². The smallest absolute Gasteiger partial charge is 0.259 e. The van der Waals surface area contributed by atoms with Crippen molar-refractivity contribution < 1.29 is 21.6 Å². The van der Waals surface area contributed by atoms with Crippen LogP contribution in [0.1, 0.15) is 17.0 Å². The van der Waals surface area contributed by atoms with Crippen LogP contribution in [0.15, 0.2) is 112 Å². The first-order valence-electron chi connectivity index (χ1n) is 13.3. The average Bonchev–Trinajstić information content (AvgIpc) is 3.30. The van der Waals surface area contributed by atoms with Gasteiger partial charge in [-0.2, -0.15) is 13.7 Å². The lowest BCUT2D eigenvalue weighted by Crippen LogP contribution is -2.60. The Morgan fingerprint density at radius 1 is 0.810 bits per heavy atom. The molecule has 218 valence electrons. The zero-order valence-electron chi connectivity index (χ0n) is 23.2. The number of amides is 1. The van der Waals surface area contributed by atoms with Crippen LogP contribution in [0.5, 0.6) is 0 Å². The van der Waals surface area contributed by atoms with E-state index in [1.54, 1.807) is 36.4 Å². The van der Waals surface area contributed by atoms with E-state index in [9.17, 15) is 21.6 Å². The third-order valence-corrected chi connectivity index (χ3v) is 11.0. The van der Waals surface area contributed by atoms with Crippen LogP contribution in [0.25, 0.3) is 5.69 Å². The quantitative estimate of drug-likeness (QED) is 0.244. The maximum atomic E-state index is 13.6. The van der Waals surface area contributed by atoms with Crippen LogP contribution in [-0.4, -0.2) is 67.8 Å². The highest BCUT2D eigenvalue weighted by Gasteiger charge is 2.43. The van der Waals surface area contributed by atoms with Gasteiger partial charge in [0.05, 0.1) is 16.0 Å². The summed E-state index contributed by atoms with van der Waals surface area (Å²) in [6, 6.07) is 26.0. The van der Waals surface area contributed by atoms with Gasteiger partial charge in [-0.3, -0.25) is 4.79 Å². The van der Waals surface area contributed by atoms with E-state index >= 15 is 0 Å². The number of carbonyl (C=O) groups excluding carboxylic acids is 1. The lowest BCUT2D eigenvalue weighted by Gasteiger charge is -2.38. The number of nitrogens with one attached hydrogen (secondary N) is 1. The summed E-state index contributed by atoms with van der Waals surface area (Å²) in [6.45, 7) is 3.22. The second kappa shape index (κ2) is 12.0. The number of hydrogen-bond donors (Lipinski definition) is 1. The van der Waals surface area contributed by atoms with E-state index < -0.39 is 32.0 Å². The Bertz CT molecular complexity index is 1810. The number of aromatic nitrogens is 1. The summed E-state index contributed by atoms with van der Waals surface area (Å²) >= 11 is 0. The average molecular weight is 606 g/mol. The molecule has 1 atom stereocenters. The van der Waals surface area contributed by atoms with Crippen LogP contribution in [-0.2, 0) is 24.8 Å². The monoisotopic (exact) mass is 605 g/mol. The molecule has 0 spiro atoms.